The van der Waals surface area contributed by atoms with E-state index in [0.717, 1.165) is 88.6 Å². The van der Waals surface area contributed by atoms with Crippen molar-refractivity contribution in [1.29, 1.82) is 0 Å². The molecule has 3 aromatic carbocycles. The molecule has 2 spiro atoms. The summed E-state index contributed by atoms with van der Waals surface area (Å²) < 4.78 is 46.5. The smallest absolute Gasteiger partial charge is 0.269 e. The highest BCUT2D eigenvalue weighted by atomic mass is 35.5. The predicted molar refractivity (Wildman–Crippen MR) is 225 cm³/mol. The summed E-state index contributed by atoms with van der Waals surface area (Å²) in [5, 5.41) is 2.83. The molecule has 0 N–H and O–H groups in total. The highest BCUT2D eigenvalue weighted by molar-refractivity contribution is 7.51. The van der Waals surface area contributed by atoms with E-state index in [1.165, 1.54) is 32.1 Å². The van der Waals surface area contributed by atoms with Gasteiger partial charge in [-0.1, -0.05) is 29.8 Å². The number of halogens is 2. The monoisotopic (exact) mass is 932 g/mol. The summed E-state index contributed by atoms with van der Waals surface area (Å²) in [4.78, 5) is 47.6. The van der Waals surface area contributed by atoms with Crippen molar-refractivity contribution in [2.45, 2.75) is 91.9 Å². The van der Waals surface area contributed by atoms with E-state index in [1.54, 1.807) is 43.8 Å². The van der Waals surface area contributed by atoms with Gasteiger partial charge >= 0.3 is 0 Å². The molecule has 61 heavy (non-hydrogen) atoms. The Balaban J connectivity index is 0.000000138. The topological polar surface area (TPSA) is 154 Å². The minimum Gasteiger partial charge on any atom is -0.769 e. The van der Waals surface area contributed by atoms with Crippen molar-refractivity contribution in [2.75, 3.05) is 27.5 Å². The van der Waals surface area contributed by atoms with Gasteiger partial charge in [0.2, 0.25) is 0 Å². The molecule has 8 bridgehead atoms. The molecule has 8 aliphatic carbocycles. The second-order valence-electron chi connectivity index (χ2n) is 19.2. The Kier molecular flexibility index (Phi) is 9.68. The van der Waals surface area contributed by atoms with Crippen LogP contribution in [0.3, 0.4) is 0 Å². The Morgan fingerprint density at radius 3 is 1.82 bits per heavy atom. The van der Waals surface area contributed by atoms with Crippen molar-refractivity contribution in [3.63, 3.8) is 0 Å². The fourth-order valence-electron chi connectivity index (χ4n) is 13.8. The molecular formula is C44H48Cl2O12P2S-2. The van der Waals surface area contributed by atoms with Gasteiger partial charge in [-0.25, -0.2) is 9.78 Å². The van der Waals surface area contributed by atoms with E-state index in [4.69, 9.17) is 61.3 Å². The van der Waals surface area contributed by atoms with E-state index in [9.17, 15) is 18.9 Å². The first kappa shape index (κ1) is 41.9. The molecule has 6 unspecified atom stereocenters. The first-order valence-corrected chi connectivity index (χ1v) is 26.7. The number of fused-ring (bicyclic) bond motifs is 2. The quantitative estimate of drug-likeness (QED) is 0.0939. The average molecular weight is 934 g/mol. The highest BCUT2D eigenvalue weighted by Gasteiger charge is 2.79. The van der Waals surface area contributed by atoms with Gasteiger partial charge in [0.25, 0.3) is 11.6 Å². The molecule has 4 aromatic rings. The van der Waals surface area contributed by atoms with Crippen molar-refractivity contribution >= 4 is 70.6 Å². The molecule has 0 radical (unpaired) electrons. The largest absolute Gasteiger partial charge is 0.769 e. The Morgan fingerprint density at radius 1 is 0.672 bits per heavy atom. The summed E-state index contributed by atoms with van der Waals surface area (Å²) in [5.74, 6) is 2.11. The van der Waals surface area contributed by atoms with Crippen molar-refractivity contribution in [3.8, 4) is 11.5 Å². The number of hydrogen-bond donors (Lipinski definition) is 0. The maximum atomic E-state index is 11.6. The molecule has 328 valence electrons. The first-order chi connectivity index (χ1) is 28.9. The van der Waals surface area contributed by atoms with Crippen molar-refractivity contribution in [2.24, 2.45) is 41.4 Å². The lowest BCUT2D eigenvalue weighted by molar-refractivity contribution is -0.645. The van der Waals surface area contributed by atoms with Crippen LogP contribution in [-0.2, 0) is 49.7 Å². The van der Waals surface area contributed by atoms with Gasteiger partial charge in [-0.05, 0) is 153 Å². The van der Waals surface area contributed by atoms with Crippen molar-refractivity contribution < 1.29 is 57.0 Å². The normalized spacial score (nSPS) is 41.9. The Hall–Kier alpha value is -1.80. The number of ether oxygens (including phenoxy) is 2. The summed E-state index contributed by atoms with van der Waals surface area (Å²) in [7, 11) is -4.50. The summed E-state index contributed by atoms with van der Waals surface area (Å²) in [6.45, 7) is 2.09. The molecule has 2 saturated heterocycles. The van der Waals surface area contributed by atoms with Crippen LogP contribution in [0.25, 0.3) is 20.9 Å². The molecule has 1 aromatic heterocycles. The molecule has 10 fully saturated rings. The fourth-order valence-corrected chi connectivity index (χ4v) is 17.0. The summed E-state index contributed by atoms with van der Waals surface area (Å²) in [6, 6.07) is 16.6. The number of benzene rings is 3. The molecule has 8 saturated carbocycles. The number of methoxy groups -OCH3 is 2. The van der Waals surface area contributed by atoms with Crippen LogP contribution >= 0.6 is 49.7 Å². The van der Waals surface area contributed by atoms with Crippen LogP contribution in [0.1, 0.15) is 74.6 Å². The number of thiophene rings is 1. The Morgan fingerprint density at radius 2 is 1.26 bits per heavy atom. The lowest BCUT2D eigenvalue weighted by Crippen LogP contribution is -2.78. The van der Waals surface area contributed by atoms with E-state index in [-0.39, 0.29) is 33.2 Å². The van der Waals surface area contributed by atoms with Gasteiger partial charge < -0.3 is 28.3 Å². The van der Waals surface area contributed by atoms with Gasteiger partial charge in [0.1, 0.15) is 11.5 Å². The molecule has 10 aliphatic rings. The van der Waals surface area contributed by atoms with Gasteiger partial charge in [-0.15, -0.1) is 22.9 Å². The fraction of sp³-hybridized carbons (Fsp3) is 0.591. The van der Waals surface area contributed by atoms with E-state index in [0.29, 0.717) is 17.8 Å². The third-order valence-corrected chi connectivity index (χ3v) is 18.6. The van der Waals surface area contributed by atoms with Crippen LogP contribution in [0.2, 0.25) is 5.02 Å². The average Bonchev–Trinajstić information content (AvgIpc) is 3.59. The molecule has 17 heteroatoms. The van der Waals surface area contributed by atoms with Gasteiger partial charge in [0, 0.05) is 48.1 Å². The molecule has 12 nitrogen and oxygen atoms in total. The lowest BCUT2D eigenvalue weighted by atomic mass is 9.46. The zero-order valence-corrected chi connectivity index (χ0v) is 38.4. The van der Waals surface area contributed by atoms with E-state index in [2.05, 4.69) is 0 Å². The van der Waals surface area contributed by atoms with Gasteiger partial charge in [-0.3, -0.25) is 9.13 Å². The molecule has 2 aliphatic heterocycles. The zero-order valence-electron chi connectivity index (χ0n) is 34.3. The Labute approximate surface area is 368 Å². The predicted octanol–water partition coefficient (Wildman–Crippen LogP) is 9.79. The standard InChI is InChI=1S/C23H26ClO6P.C21H24ClO6PS/c1-27-23(17-5-3-15-4-6-20(10-16(15)9-17)28-31(2,25)26)22(29-30-23)18-7-14-8-19(22)13-21(24,11-14)12-18;1-25-21(20(27-28-21)13-6-11-5-12(8-13)9-14(20)7-11)18-10-15-17(30-18)4-3-16(19(15)22)26-29(2,23)24/h3-6,9-10,14,18-19H,7-8,11-13H2,1-2H3,(H,25,26);3-4,10-14H,5-9H2,1-2H3,(H,23,24)/p-2. The maximum absolute atomic E-state index is 11.6. The molecule has 6 atom stereocenters. The summed E-state index contributed by atoms with van der Waals surface area (Å²) >= 11 is 15.0. The minimum absolute atomic E-state index is 0.123. The van der Waals surface area contributed by atoms with Crippen molar-refractivity contribution in [3.05, 3.63) is 70.1 Å². The van der Waals surface area contributed by atoms with Gasteiger partial charge in [-0.2, -0.15) is 9.78 Å². The first-order valence-electron chi connectivity index (χ1n) is 21.2. The zero-order chi connectivity index (χ0) is 42.5. The SMILES string of the molecule is COC1(c2cc3c(Cl)c(OP(C)(=O)[O-])ccc3s2)OOC12C1CC3CC(C1)CC2C3.COC1(c2ccc3ccc(OP(C)(=O)[O-])cc3c2)OOC12C1CC3CC2CC(Cl)(C3)C1. The molecule has 0 amide bonds. The second-order valence-corrected chi connectivity index (χ2v) is 24.9. The lowest BCUT2D eigenvalue weighted by Gasteiger charge is -2.70. The van der Waals surface area contributed by atoms with Crippen LogP contribution in [0, 0.1) is 41.4 Å². The van der Waals surface area contributed by atoms with Crippen molar-refractivity contribution in [1.82, 2.24) is 0 Å². The maximum Gasteiger partial charge on any atom is 0.269 e. The van der Waals surface area contributed by atoms with Gasteiger partial charge in [0.05, 0.1) is 9.90 Å². The van der Waals surface area contributed by atoms with Crippen LogP contribution < -0.4 is 18.8 Å². The second kappa shape index (κ2) is 14.1. The van der Waals surface area contributed by atoms with E-state index >= 15 is 0 Å². The Bertz CT molecular complexity index is 2490. The number of rotatable bonds is 8. The minimum atomic E-state index is -3.96. The molecule has 3 heterocycles. The summed E-state index contributed by atoms with van der Waals surface area (Å²) in [5.41, 5.74) is -0.146. The van der Waals surface area contributed by atoms with E-state index in [1.807, 2.05) is 36.4 Å². The third-order valence-electron chi connectivity index (χ3n) is 15.5. The third kappa shape index (κ3) is 6.20. The van der Waals surface area contributed by atoms with E-state index < -0.39 is 38.0 Å². The van der Waals surface area contributed by atoms with Gasteiger partial charge in [0.15, 0.2) is 26.4 Å². The van der Waals surface area contributed by atoms with Crippen LogP contribution in [0.15, 0.2) is 54.6 Å². The molecular weight excluding hydrogens is 885 g/mol. The van der Waals surface area contributed by atoms with Crippen LogP contribution in [0.5, 0.6) is 11.5 Å². The number of alkyl halides is 1. The van der Waals surface area contributed by atoms with Crippen LogP contribution in [-0.4, -0.2) is 43.6 Å². The summed E-state index contributed by atoms with van der Waals surface area (Å²) in [6.07, 6.45) is 11.1. The molecule has 14 rings (SSSR count). The number of hydrogen-bond acceptors (Lipinski definition) is 13. The van der Waals surface area contributed by atoms with Crippen LogP contribution in [0.4, 0.5) is 0 Å². The highest BCUT2D eigenvalue weighted by Crippen LogP contribution is 2.72.